The van der Waals surface area contributed by atoms with E-state index in [0.29, 0.717) is 17.9 Å². The minimum absolute atomic E-state index is 0.217. The zero-order valence-corrected chi connectivity index (χ0v) is 20.9. The number of nitrogens with one attached hydrogen (secondary N) is 2. The monoisotopic (exact) mass is 494 g/mol. The van der Waals surface area contributed by atoms with Crippen molar-refractivity contribution in [2.75, 3.05) is 11.9 Å². The van der Waals surface area contributed by atoms with Gasteiger partial charge in [0.05, 0.1) is 6.61 Å². The summed E-state index contributed by atoms with van der Waals surface area (Å²) in [5, 5.41) is 19.9. The molecule has 10 heteroatoms. The zero-order valence-electron chi connectivity index (χ0n) is 19.3. The number of amides is 1. The van der Waals surface area contributed by atoms with Crippen LogP contribution in [0.2, 0.25) is 0 Å². The second-order valence-electron chi connectivity index (χ2n) is 7.74. The summed E-state index contributed by atoms with van der Waals surface area (Å²) in [6.45, 7) is 6.72. The highest BCUT2D eigenvalue weighted by Crippen LogP contribution is 2.29. The lowest BCUT2D eigenvalue weighted by Gasteiger charge is -2.13. The van der Waals surface area contributed by atoms with Crippen molar-refractivity contribution in [1.82, 2.24) is 25.1 Å². The molecule has 0 radical (unpaired) electrons. The molecule has 2 aromatic heterocycles. The van der Waals surface area contributed by atoms with Gasteiger partial charge in [0, 0.05) is 23.2 Å². The van der Waals surface area contributed by atoms with Gasteiger partial charge in [-0.05, 0) is 55.4 Å². The van der Waals surface area contributed by atoms with E-state index in [1.807, 2.05) is 38.1 Å². The number of thiocarbonyl (C=S) groups is 1. The maximum Gasteiger partial charge on any atom is 0.257 e. The number of fused-ring (bicyclic) bond motifs is 1. The van der Waals surface area contributed by atoms with Gasteiger partial charge in [0.25, 0.3) is 5.91 Å². The van der Waals surface area contributed by atoms with Crippen molar-refractivity contribution in [2.24, 2.45) is 0 Å². The van der Waals surface area contributed by atoms with E-state index in [9.17, 15) is 4.79 Å². The first kappa shape index (κ1) is 23.8. The molecule has 8 nitrogen and oxygen atoms in total. The van der Waals surface area contributed by atoms with Gasteiger partial charge in [0.1, 0.15) is 10.8 Å². The minimum atomic E-state index is -0.298. The fourth-order valence-electron chi connectivity index (χ4n) is 3.27. The number of ether oxygens (including phenoxy) is 1. The Labute approximate surface area is 207 Å². The minimum Gasteiger partial charge on any atom is -0.494 e. The Morgan fingerprint density at radius 1 is 1.18 bits per heavy atom. The third-order valence-electron chi connectivity index (χ3n) is 5.19. The summed E-state index contributed by atoms with van der Waals surface area (Å²) in [7, 11) is 0. The zero-order chi connectivity index (χ0) is 24.1. The first-order valence-corrected chi connectivity index (χ1v) is 12.4. The molecule has 176 valence electrons. The third-order valence-corrected chi connectivity index (χ3v) is 6.35. The Bertz CT molecular complexity index is 1330. The van der Waals surface area contributed by atoms with Crippen LogP contribution in [0.5, 0.6) is 5.75 Å². The van der Waals surface area contributed by atoms with E-state index in [0.717, 1.165) is 51.9 Å². The maximum absolute atomic E-state index is 12.7. The van der Waals surface area contributed by atoms with Crippen LogP contribution in [-0.2, 0) is 6.42 Å². The number of anilines is 1. The van der Waals surface area contributed by atoms with Gasteiger partial charge in [-0.3, -0.25) is 10.1 Å². The van der Waals surface area contributed by atoms with Gasteiger partial charge in [-0.15, -0.1) is 10.2 Å². The Hall–Kier alpha value is -3.37. The molecule has 1 amide bonds. The lowest BCUT2D eigenvalue weighted by Crippen LogP contribution is -2.34. The van der Waals surface area contributed by atoms with Crippen LogP contribution in [0.15, 0.2) is 42.5 Å². The summed E-state index contributed by atoms with van der Waals surface area (Å²) < 4.78 is 7.47. The van der Waals surface area contributed by atoms with Gasteiger partial charge < -0.3 is 10.1 Å². The second-order valence-corrected chi connectivity index (χ2v) is 9.10. The van der Waals surface area contributed by atoms with Crippen LogP contribution in [-0.4, -0.2) is 37.4 Å². The number of carbonyl (C=O) groups excluding carboxylic acids is 1. The number of aryl methyl sites for hydroxylation is 2. The number of nitrogens with zero attached hydrogens (tertiary/aromatic N) is 4. The molecular formula is C24H26N6O2S2. The van der Waals surface area contributed by atoms with E-state index >= 15 is 0 Å². The number of carbonyl (C=O) groups is 1. The Morgan fingerprint density at radius 3 is 2.82 bits per heavy atom. The average molecular weight is 495 g/mol. The summed E-state index contributed by atoms with van der Waals surface area (Å²) in [4.78, 5) is 13.5. The molecular weight excluding hydrogens is 468 g/mol. The highest BCUT2D eigenvalue weighted by molar-refractivity contribution is 7.80. The van der Waals surface area contributed by atoms with Gasteiger partial charge >= 0.3 is 0 Å². The van der Waals surface area contributed by atoms with Crippen LogP contribution >= 0.6 is 23.6 Å². The molecule has 4 aromatic rings. The van der Waals surface area contributed by atoms with Crippen LogP contribution in [0, 0.1) is 6.92 Å². The van der Waals surface area contributed by atoms with Gasteiger partial charge in [0.2, 0.25) is 4.96 Å². The van der Waals surface area contributed by atoms with Crippen LogP contribution in [0.3, 0.4) is 0 Å². The molecule has 0 aliphatic heterocycles. The SMILES string of the molecule is CCCCOc1cccc(C(=O)NC(=S)Nc2cc(-c3nn4c(CC)nnc4s3)ccc2C)c1. The molecule has 0 fully saturated rings. The van der Waals surface area contributed by atoms with E-state index in [1.54, 1.807) is 22.7 Å². The summed E-state index contributed by atoms with van der Waals surface area (Å²) in [6.07, 6.45) is 2.77. The largest absolute Gasteiger partial charge is 0.494 e. The fraction of sp³-hybridized carbons (Fsp3) is 0.292. The van der Waals surface area contributed by atoms with Gasteiger partial charge in [-0.2, -0.15) is 9.61 Å². The van der Waals surface area contributed by atoms with Crippen LogP contribution in [0.25, 0.3) is 15.5 Å². The van der Waals surface area contributed by atoms with Crippen molar-refractivity contribution in [3.8, 4) is 16.3 Å². The van der Waals surface area contributed by atoms with E-state index in [4.69, 9.17) is 17.0 Å². The molecule has 0 atom stereocenters. The summed E-state index contributed by atoms with van der Waals surface area (Å²) in [6, 6.07) is 13.0. The molecule has 2 N–H and O–H groups in total. The Balaban J connectivity index is 1.45. The number of unbranched alkanes of at least 4 members (excludes halogenated alkanes) is 1. The Kier molecular flexibility index (Phi) is 7.49. The summed E-state index contributed by atoms with van der Waals surface area (Å²) in [5.41, 5.74) is 3.19. The van der Waals surface area contributed by atoms with Crippen LogP contribution < -0.4 is 15.4 Å². The standard InChI is InChI=1S/C24H26N6O2S2/c1-4-6-12-32-18-9-7-8-16(13-18)21(31)26-23(33)25-19-14-17(11-10-15(19)3)22-29-30-20(5-2)27-28-24(30)34-22/h7-11,13-14H,4-6,12H2,1-3H3,(H2,25,26,31,33). The number of rotatable bonds is 8. The van der Waals surface area contributed by atoms with Crippen molar-refractivity contribution < 1.29 is 9.53 Å². The van der Waals surface area contributed by atoms with Crippen molar-refractivity contribution in [3.05, 3.63) is 59.4 Å². The quantitative estimate of drug-likeness (QED) is 0.262. The van der Waals surface area contributed by atoms with Crippen molar-refractivity contribution in [3.63, 3.8) is 0 Å². The lowest BCUT2D eigenvalue weighted by molar-refractivity contribution is 0.0977. The first-order valence-electron chi connectivity index (χ1n) is 11.2. The van der Waals surface area contributed by atoms with E-state index < -0.39 is 0 Å². The van der Waals surface area contributed by atoms with Gasteiger partial charge in [0.15, 0.2) is 10.9 Å². The number of aromatic nitrogens is 4. The predicted octanol–water partition coefficient (Wildman–Crippen LogP) is 5.03. The smallest absolute Gasteiger partial charge is 0.257 e. The Morgan fingerprint density at radius 2 is 2.03 bits per heavy atom. The van der Waals surface area contributed by atoms with Gasteiger partial charge in [-0.25, -0.2) is 0 Å². The van der Waals surface area contributed by atoms with Crippen LogP contribution in [0.4, 0.5) is 5.69 Å². The fourth-order valence-corrected chi connectivity index (χ4v) is 4.33. The molecule has 0 saturated carbocycles. The van der Waals surface area contributed by atoms with E-state index in [1.165, 1.54) is 11.3 Å². The van der Waals surface area contributed by atoms with E-state index in [-0.39, 0.29) is 11.0 Å². The normalized spacial score (nSPS) is 10.9. The van der Waals surface area contributed by atoms with Crippen molar-refractivity contribution in [2.45, 2.75) is 40.0 Å². The van der Waals surface area contributed by atoms with Crippen molar-refractivity contribution in [1.29, 1.82) is 0 Å². The highest BCUT2D eigenvalue weighted by atomic mass is 32.1. The second kappa shape index (κ2) is 10.7. The molecule has 2 heterocycles. The highest BCUT2D eigenvalue weighted by Gasteiger charge is 2.14. The molecule has 0 aliphatic rings. The van der Waals surface area contributed by atoms with E-state index in [2.05, 4.69) is 32.9 Å². The lowest BCUT2D eigenvalue weighted by atomic mass is 10.1. The maximum atomic E-state index is 12.7. The summed E-state index contributed by atoms with van der Waals surface area (Å²) >= 11 is 6.88. The molecule has 2 aromatic carbocycles. The molecule has 0 aliphatic carbocycles. The molecule has 0 bridgehead atoms. The first-order chi connectivity index (χ1) is 16.5. The molecule has 34 heavy (non-hydrogen) atoms. The van der Waals surface area contributed by atoms with Gasteiger partial charge in [-0.1, -0.05) is 49.8 Å². The number of hydrogen-bond acceptors (Lipinski definition) is 7. The third kappa shape index (κ3) is 5.40. The topological polar surface area (TPSA) is 93.4 Å². The number of benzene rings is 2. The molecule has 0 unspecified atom stereocenters. The predicted molar refractivity (Wildman–Crippen MR) is 139 cm³/mol. The molecule has 0 saturated heterocycles. The van der Waals surface area contributed by atoms with Crippen LogP contribution in [0.1, 0.15) is 48.4 Å². The molecule has 0 spiro atoms. The van der Waals surface area contributed by atoms with Crippen molar-refractivity contribution >= 4 is 45.2 Å². The average Bonchev–Trinajstić information content (AvgIpc) is 3.42. The number of hydrogen-bond donors (Lipinski definition) is 2. The molecule has 4 rings (SSSR count). The summed E-state index contributed by atoms with van der Waals surface area (Å²) in [5.74, 6) is 1.19.